The van der Waals surface area contributed by atoms with Crippen molar-refractivity contribution in [3.63, 3.8) is 0 Å². The molecule has 0 aromatic heterocycles. The Morgan fingerprint density at radius 1 is 1.28 bits per heavy atom. The number of rotatable bonds is 4. The highest BCUT2D eigenvalue weighted by atomic mass is 35.5. The molecule has 0 fully saturated rings. The maximum absolute atomic E-state index is 13.7. The van der Waals surface area contributed by atoms with E-state index in [-0.39, 0.29) is 18.2 Å². The Balaban J connectivity index is 2.21. The number of amides is 1. The van der Waals surface area contributed by atoms with E-state index in [1.807, 2.05) is 12.3 Å². The molecule has 1 heterocycles. The standard InChI is InChI=1S/C21H21ClFNO4S/c1-4-28-21(26)24-8-7-13-15(11-24)14(12-5-6-17(23)16(22)9-12)10-18(29-3)19(13)20(25)27-2/h5-6,9-10H,4,7-8,11H2,1-3H3. The van der Waals surface area contributed by atoms with Gasteiger partial charge in [0.25, 0.3) is 0 Å². The van der Waals surface area contributed by atoms with Gasteiger partial charge in [0.1, 0.15) is 5.82 Å². The molecule has 154 valence electrons. The Bertz CT molecular complexity index is 966. The van der Waals surface area contributed by atoms with Crippen LogP contribution < -0.4 is 0 Å². The first-order chi connectivity index (χ1) is 13.9. The summed E-state index contributed by atoms with van der Waals surface area (Å²) in [5.41, 5.74) is 3.67. The minimum absolute atomic E-state index is 0.0112. The molecule has 1 amide bonds. The van der Waals surface area contributed by atoms with Gasteiger partial charge in [0.2, 0.25) is 0 Å². The summed E-state index contributed by atoms with van der Waals surface area (Å²) >= 11 is 7.44. The molecule has 0 saturated heterocycles. The minimum atomic E-state index is -0.506. The maximum atomic E-state index is 13.7. The van der Waals surface area contributed by atoms with Gasteiger partial charge in [-0.2, -0.15) is 0 Å². The molecule has 1 aliphatic heterocycles. The van der Waals surface area contributed by atoms with Crippen LogP contribution in [0.4, 0.5) is 9.18 Å². The van der Waals surface area contributed by atoms with Gasteiger partial charge < -0.3 is 14.4 Å². The molecule has 0 N–H and O–H groups in total. The highest BCUT2D eigenvalue weighted by molar-refractivity contribution is 7.98. The number of halogens is 2. The number of hydrogen-bond donors (Lipinski definition) is 0. The van der Waals surface area contributed by atoms with E-state index in [1.54, 1.807) is 24.0 Å². The summed E-state index contributed by atoms with van der Waals surface area (Å²) in [6.45, 7) is 2.73. The zero-order chi connectivity index (χ0) is 21.1. The van der Waals surface area contributed by atoms with Crippen molar-refractivity contribution in [2.75, 3.05) is 26.5 Å². The second-order valence-corrected chi connectivity index (χ2v) is 7.70. The molecule has 8 heteroatoms. The number of carbonyl (C=O) groups excluding carboxylic acids is 2. The fourth-order valence-electron chi connectivity index (χ4n) is 3.50. The van der Waals surface area contributed by atoms with Crippen LogP contribution in [-0.2, 0) is 22.4 Å². The first-order valence-corrected chi connectivity index (χ1v) is 10.7. The summed E-state index contributed by atoms with van der Waals surface area (Å²) in [6.07, 6.45) is 1.95. The fourth-order valence-corrected chi connectivity index (χ4v) is 4.33. The Hall–Kier alpha value is -2.25. The lowest BCUT2D eigenvalue weighted by Crippen LogP contribution is -2.37. The lowest BCUT2D eigenvalue weighted by molar-refractivity contribution is 0.0594. The van der Waals surface area contributed by atoms with Gasteiger partial charge >= 0.3 is 12.1 Å². The number of esters is 1. The van der Waals surface area contributed by atoms with Gasteiger partial charge in [-0.3, -0.25) is 0 Å². The summed E-state index contributed by atoms with van der Waals surface area (Å²) in [6, 6.07) is 6.37. The topological polar surface area (TPSA) is 55.8 Å². The van der Waals surface area contributed by atoms with Crippen LogP contribution in [-0.4, -0.2) is 43.5 Å². The highest BCUT2D eigenvalue weighted by Crippen LogP contribution is 2.39. The second kappa shape index (κ2) is 9.05. The molecule has 0 atom stereocenters. The molecule has 0 bridgehead atoms. The molecule has 0 unspecified atom stereocenters. The van der Waals surface area contributed by atoms with E-state index >= 15 is 0 Å². The Morgan fingerprint density at radius 2 is 2.03 bits per heavy atom. The largest absolute Gasteiger partial charge is 0.465 e. The zero-order valence-corrected chi connectivity index (χ0v) is 18.0. The van der Waals surface area contributed by atoms with Crippen LogP contribution in [0.15, 0.2) is 29.2 Å². The van der Waals surface area contributed by atoms with Crippen LogP contribution in [0, 0.1) is 5.82 Å². The second-order valence-electron chi connectivity index (χ2n) is 6.45. The van der Waals surface area contributed by atoms with E-state index in [0.29, 0.717) is 24.1 Å². The van der Waals surface area contributed by atoms with Crippen LogP contribution in [0.2, 0.25) is 5.02 Å². The third-order valence-corrected chi connectivity index (χ3v) is 5.91. The van der Waals surface area contributed by atoms with E-state index < -0.39 is 17.9 Å². The van der Waals surface area contributed by atoms with Gasteiger partial charge in [0.05, 0.1) is 24.3 Å². The number of nitrogens with zero attached hydrogens (tertiary/aromatic N) is 1. The molecule has 2 aromatic rings. The Labute approximate surface area is 178 Å². The number of fused-ring (bicyclic) bond motifs is 1. The van der Waals surface area contributed by atoms with E-state index in [2.05, 4.69) is 0 Å². The Kier molecular flexibility index (Phi) is 6.70. The first-order valence-electron chi connectivity index (χ1n) is 9.09. The molecule has 0 aliphatic carbocycles. The van der Waals surface area contributed by atoms with Crippen molar-refractivity contribution in [3.05, 3.63) is 51.8 Å². The molecule has 1 aliphatic rings. The SMILES string of the molecule is CCOC(=O)N1CCc2c(c(-c3ccc(F)c(Cl)c3)cc(SC)c2C(=O)OC)C1. The summed E-state index contributed by atoms with van der Waals surface area (Å²) in [4.78, 5) is 27.2. The van der Waals surface area contributed by atoms with Crippen molar-refractivity contribution < 1.29 is 23.5 Å². The number of thioether (sulfide) groups is 1. The van der Waals surface area contributed by atoms with Crippen LogP contribution in [0.3, 0.4) is 0 Å². The van der Waals surface area contributed by atoms with Crippen molar-refractivity contribution in [1.82, 2.24) is 4.90 Å². The van der Waals surface area contributed by atoms with E-state index in [1.165, 1.54) is 24.9 Å². The lowest BCUT2D eigenvalue weighted by Gasteiger charge is -2.31. The van der Waals surface area contributed by atoms with Crippen LogP contribution in [0.25, 0.3) is 11.1 Å². The molecule has 3 rings (SSSR count). The summed E-state index contributed by atoms with van der Waals surface area (Å²) in [5.74, 6) is -0.924. The monoisotopic (exact) mass is 437 g/mol. The van der Waals surface area contributed by atoms with Crippen molar-refractivity contribution in [2.45, 2.75) is 24.8 Å². The molecule has 5 nitrogen and oxygen atoms in total. The molecular weight excluding hydrogens is 417 g/mol. The van der Waals surface area contributed by atoms with Crippen LogP contribution >= 0.6 is 23.4 Å². The summed E-state index contributed by atoms with van der Waals surface area (Å²) in [5, 5.41) is 0.0112. The van der Waals surface area contributed by atoms with Crippen molar-refractivity contribution in [1.29, 1.82) is 0 Å². The number of ether oxygens (including phenoxy) is 2. The lowest BCUT2D eigenvalue weighted by atomic mass is 9.87. The Morgan fingerprint density at radius 3 is 2.66 bits per heavy atom. The van der Waals surface area contributed by atoms with Crippen molar-refractivity contribution >= 4 is 35.4 Å². The van der Waals surface area contributed by atoms with Crippen LogP contribution in [0.1, 0.15) is 28.4 Å². The predicted octanol–water partition coefficient (Wildman–Crippen LogP) is 5.17. The average Bonchev–Trinajstić information content (AvgIpc) is 2.73. The quantitative estimate of drug-likeness (QED) is 0.488. The number of benzene rings is 2. The van der Waals surface area contributed by atoms with Gasteiger partial charge in [-0.25, -0.2) is 14.0 Å². The number of carbonyl (C=O) groups is 2. The van der Waals surface area contributed by atoms with E-state index in [0.717, 1.165) is 21.6 Å². The number of hydrogen-bond acceptors (Lipinski definition) is 5. The van der Waals surface area contributed by atoms with E-state index in [9.17, 15) is 14.0 Å². The smallest absolute Gasteiger partial charge is 0.410 e. The normalized spacial score (nSPS) is 13.1. The zero-order valence-electron chi connectivity index (χ0n) is 16.4. The molecule has 0 saturated carbocycles. The molecular formula is C21H21ClFNO4S. The highest BCUT2D eigenvalue weighted by Gasteiger charge is 2.30. The van der Waals surface area contributed by atoms with Gasteiger partial charge in [-0.15, -0.1) is 11.8 Å². The average molecular weight is 438 g/mol. The predicted molar refractivity (Wildman–Crippen MR) is 111 cm³/mol. The van der Waals surface area contributed by atoms with Crippen molar-refractivity contribution in [3.8, 4) is 11.1 Å². The fraction of sp³-hybridized carbons (Fsp3) is 0.333. The molecule has 0 spiro atoms. The van der Waals surface area contributed by atoms with Gasteiger partial charge in [0.15, 0.2) is 0 Å². The summed E-state index contributed by atoms with van der Waals surface area (Å²) in [7, 11) is 1.35. The van der Waals surface area contributed by atoms with Crippen molar-refractivity contribution in [2.24, 2.45) is 0 Å². The number of methoxy groups -OCH3 is 1. The molecule has 29 heavy (non-hydrogen) atoms. The molecule has 2 aromatic carbocycles. The summed E-state index contributed by atoms with van der Waals surface area (Å²) < 4.78 is 23.9. The minimum Gasteiger partial charge on any atom is -0.465 e. The van der Waals surface area contributed by atoms with Gasteiger partial charge in [-0.05, 0) is 60.1 Å². The van der Waals surface area contributed by atoms with E-state index in [4.69, 9.17) is 21.1 Å². The third-order valence-electron chi connectivity index (χ3n) is 4.86. The van der Waals surface area contributed by atoms with Crippen LogP contribution in [0.5, 0.6) is 0 Å². The van der Waals surface area contributed by atoms with Gasteiger partial charge in [0, 0.05) is 18.0 Å². The first kappa shape index (κ1) is 21.5. The maximum Gasteiger partial charge on any atom is 0.410 e. The van der Waals surface area contributed by atoms with Gasteiger partial charge in [-0.1, -0.05) is 17.7 Å². The molecule has 0 radical (unpaired) electrons. The third kappa shape index (κ3) is 4.21.